The van der Waals surface area contributed by atoms with E-state index in [9.17, 15) is 4.79 Å². The molecule has 0 fully saturated rings. The van der Waals surface area contributed by atoms with Gasteiger partial charge in [0.05, 0.1) is 6.21 Å². The number of ether oxygens (including phenoxy) is 1. The van der Waals surface area contributed by atoms with E-state index in [1.165, 1.54) is 11.8 Å². The van der Waals surface area contributed by atoms with E-state index in [4.69, 9.17) is 9.84 Å². The summed E-state index contributed by atoms with van der Waals surface area (Å²) in [6, 6.07) is 14.2. The van der Waals surface area contributed by atoms with E-state index in [0.29, 0.717) is 5.75 Å². The minimum Gasteiger partial charge on any atom is -0.508 e. The van der Waals surface area contributed by atoms with E-state index < -0.39 is 0 Å². The van der Waals surface area contributed by atoms with E-state index in [1.807, 2.05) is 24.3 Å². The zero-order valence-corrected chi connectivity index (χ0v) is 13.0. The fraction of sp³-hybridized carbons (Fsp3) is 0.222. The molecule has 1 amide bonds. The second-order valence-corrected chi connectivity index (χ2v) is 5.07. The first-order valence-corrected chi connectivity index (χ1v) is 7.50. The summed E-state index contributed by atoms with van der Waals surface area (Å²) in [5.41, 5.74) is 4.42. The maximum atomic E-state index is 11.6. The van der Waals surface area contributed by atoms with Crippen molar-refractivity contribution in [2.24, 2.45) is 5.10 Å². The maximum absolute atomic E-state index is 11.6. The first-order chi connectivity index (χ1) is 11.2. The van der Waals surface area contributed by atoms with Crippen LogP contribution in [0.5, 0.6) is 11.5 Å². The minimum atomic E-state index is -0.335. The van der Waals surface area contributed by atoms with Gasteiger partial charge in [-0.3, -0.25) is 4.79 Å². The van der Waals surface area contributed by atoms with Crippen LogP contribution >= 0.6 is 0 Å². The number of rotatable bonds is 7. The van der Waals surface area contributed by atoms with Gasteiger partial charge in [0, 0.05) is 0 Å². The van der Waals surface area contributed by atoms with Crippen molar-refractivity contribution in [3.8, 4) is 11.5 Å². The molecule has 0 atom stereocenters. The number of carbonyl (C=O) groups is 1. The summed E-state index contributed by atoms with van der Waals surface area (Å²) in [7, 11) is 0. The molecule has 0 heterocycles. The Labute approximate surface area is 135 Å². The number of aromatic hydroxyl groups is 1. The van der Waals surface area contributed by atoms with Gasteiger partial charge >= 0.3 is 0 Å². The highest BCUT2D eigenvalue weighted by Gasteiger charge is 2.01. The molecule has 0 aliphatic heterocycles. The lowest BCUT2D eigenvalue weighted by molar-refractivity contribution is -0.123. The zero-order valence-electron chi connectivity index (χ0n) is 13.0. The molecule has 0 aliphatic rings. The summed E-state index contributed by atoms with van der Waals surface area (Å²) in [5.74, 6) is 0.504. The van der Waals surface area contributed by atoms with Crippen LogP contribution < -0.4 is 10.2 Å². The molecule has 0 unspecified atom stereocenters. The lowest BCUT2D eigenvalue weighted by atomic mass is 10.1. The largest absolute Gasteiger partial charge is 0.508 e. The molecule has 0 spiro atoms. The van der Waals surface area contributed by atoms with E-state index in [-0.39, 0.29) is 18.3 Å². The second-order valence-electron chi connectivity index (χ2n) is 5.07. The third-order valence-electron chi connectivity index (χ3n) is 3.13. The van der Waals surface area contributed by atoms with Crippen LogP contribution in [0.25, 0.3) is 0 Å². The highest BCUT2D eigenvalue weighted by Crippen LogP contribution is 2.13. The van der Waals surface area contributed by atoms with Gasteiger partial charge in [-0.25, -0.2) is 5.43 Å². The fourth-order valence-electron chi connectivity index (χ4n) is 1.96. The van der Waals surface area contributed by atoms with Gasteiger partial charge in [0.1, 0.15) is 11.5 Å². The molecule has 2 rings (SSSR count). The third-order valence-corrected chi connectivity index (χ3v) is 3.13. The molecule has 0 aliphatic carbocycles. The first kappa shape index (κ1) is 16.5. The molecule has 0 radical (unpaired) electrons. The Morgan fingerprint density at radius 2 is 1.87 bits per heavy atom. The summed E-state index contributed by atoms with van der Waals surface area (Å²) < 4.78 is 5.40. The molecule has 0 saturated heterocycles. The molecule has 23 heavy (non-hydrogen) atoms. The number of phenols is 1. The van der Waals surface area contributed by atoms with Gasteiger partial charge in [-0.05, 0) is 53.9 Å². The summed E-state index contributed by atoms with van der Waals surface area (Å²) in [4.78, 5) is 11.6. The van der Waals surface area contributed by atoms with Crippen molar-refractivity contribution in [2.45, 2.75) is 19.8 Å². The molecule has 2 N–H and O–H groups in total. The van der Waals surface area contributed by atoms with Crippen molar-refractivity contribution in [1.82, 2.24) is 5.43 Å². The molecule has 0 bridgehead atoms. The summed E-state index contributed by atoms with van der Waals surface area (Å²) in [6.45, 7) is 2.04. The Morgan fingerprint density at radius 1 is 1.17 bits per heavy atom. The van der Waals surface area contributed by atoms with Gasteiger partial charge in [0.15, 0.2) is 6.61 Å². The maximum Gasteiger partial charge on any atom is 0.277 e. The standard InChI is InChI=1S/C18H20N2O3/c1-2-3-14-6-10-17(11-7-14)23-13-18(22)20-19-12-15-4-8-16(21)9-5-15/h4-12,21H,2-3,13H2,1H3,(H,20,22)/b19-12-. The third kappa shape index (κ3) is 5.82. The van der Waals surface area contributed by atoms with Crippen LogP contribution in [-0.4, -0.2) is 23.8 Å². The molecule has 5 heteroatoms. The van der Waals surface area contributed by atoms with Gasteiger partial charge in [-0.1, -0.05) is 25.5 Å². The minimum absolute atomic E-state index is 0.0972. The summed E-state index contributed by atoms with van der Waals surface area (Å²) in [6.07, 6.45) is 3.63. The average Bonchev–Trinajstić information content (AvgIpc) is 2.56. The molecule has 0 aromatic heterocycles. The molecule has 0 saturated carbocycles. The van der Waals surface area contributed by atoms with E-state index in [2.05, 4.69) is 17.5 Å². The topological polar surface area (TPSA) is 70.9 Å². The predicted molar refractivity (Wildman–Crippen MR) is 89.8 cm³/mol. The Balaban J connectivity index is 1.75. The smallest absolute Gasteiger partial charge is 0.277 e. The van der Waals surface area contributed by atoms with Crippen LogP contribution in [0.4, 0.5) is 0 Å². The van der Waals surface area contributed by atoms with Crippen LogP contribution in [0.1, 0.15) is 24.5 Å². The van der Waals surface area contributed by atoms with Crippen LogP contribution in [0, 0.1) is 0 Å². The number of hydrazone groups is 1. The van der Waals surface area contributed by atoms with Gasteiger partial charge in [0.2, 0.25) is 0 Å². The normalized spacial score (nSPS) is 10.7. The Hall–Kier alpha value is -2.82. The number of aryl methyl sites for hydroxylation is 1. The van der Waals surface area contributed by atoms with E-state index >= 15 is 0 Å². The highest BCUT2D eigenvalue weighted by molar-refractivity contribution is 5.83. The number of hydrogen-bond acceptors (Lipinski definition) is 4. The van der Waals surface area contributed by atoms with Gasteiger partial charge in [-0.15, -0.1) is 0 Å². The first-order valence-electron chi connectivity index (χ1n) is 7.50. The number of phenolic OH excluding ortho intramolecular Hbond substituents is 1. The van der Waals surface area contributed by atoms with E-state index in [1.54, 1.807) is 24.3 Å². The number of nitrogens with one attached hydrogen (secondary N) is 1. The van der Waals surface area contributed by atoms with Gasteiger partial charge < -0.3 is 9.84 Å². The zero-order chi connectivity index (χ0) is 16.5. The Morgan fingerprint density at radius 3 is 2.52 bits per heavy atom. The van der Waals surface area contributed by atoms with Crippen molar-refractivity contribution < 1.29 is 14.6 Å². The molecule has 120 valence electrons. The lowest BCUT2D eigenvalue weighted by Gasteiger charge is -2.06. The molecule has 2 aromatic rings. The van der Waals surface area contributed by atoms with Crippen molar-refractivity contribution in [1.29, 1.82) is 0 Å². The molecular formula is C18H20N2O3. The predicted octanol–water partition coefficient (Wildman–Crippen LogP) is 2.87. The Bertz CT molecular complexity index is 649. The number of nitrogens with zero attached hydrogens (tertiary/aromatic N) is 1. The van der Waals surface area contributed by atoms with Crippen LogP contribution in [0.3, 0.4) is 0 Å². The fourth-order valence-corrected chi connectivity index (χ4v) is 1.96. The Kier molecular flexibility index (Phi) is 6.17. The van der Waals surface area contributed by atoms with Crippen molar-refractivity contribution >= 4 is 12.1 Å². The number of hydrogen-bond donors (Lipinski definition) is 2. The summed E-state index contributed by atoms with van der Waals surface area (Å²) >= 11 is 0. The number of benzene rings is 2. The van der Waals surface area contributed by atoms with Gasteiger partial charge in [-0.2, -0.15) is 5.10 Å². The molecule has 2 aromatic carbocycles. The molecule has 5 nitrogen and oxygen atoms in total. The van der Waals surface area contributed by atoms with Crippen molar-refractivity contribution in [2.75, 3.05) is 6.61 Å². The monoisotopic (exact) mass is 312 g/mol. The number of amides is 1. The van der Waals surface area contributed by atoms with Crippen LogP contribution in [0.2, 0.25) is 0 Å². The van der Waals surface area contributed by atoms with Crippen molar-refractivity contribution in [3.63, 3.8) is 0 Å². The summed E-state index contributed by atoms with van der Waals surface area (Å²) in [5, 5.41) is 13.0. The van der Waals surface area contributed by atoms with E-state index in [0.717, 1.165) is 18.4 Å². The average molecular weight is 312 g/mol. The van der Waals surface area contributed by atoms with Crippen LogP contribution in [0.15, 0.2) is 53.6 Å². The quantitative estimate of drug-likeness (QED) is 0.610. The number of carbonyl (C=O) groups excluding carboxylic acids is 1. The van der Waals surface area contributed by atoms with Gasteiger partial charge in [0.25, 0.3) is 5.91 Å². The highest BCUT2D eigenvalue weighted by atomic mass is 16.5. The van der Waals surface area contributed by atoms with Crippen LogP contribution in [-0.2, 0) is 11.2 Å². The second kappa shape index (κ2) is 8.58. The molecular weight excluding hydrogens is 292 g/mol. The van der Waals surface area contributed by atoms with Crippen molar-refractivity contribution in [3.05, 3.63) is 59.7 Å². The lowest BCUT2D eigenvalue weighted by Crippen LogP contribution is -2.24. The SMILES string of the molecule is CCCc1ccc(OCC(=O)N/N=C\c2ccc(O)cc2)cc1.